The fourth-order valence-corrected chi connectivity index (χ4v) is 5.20. The third-order valence-electron chi connectivity index (χ3n) is 6.77. The first-order chi connectivity index (χ1) is 14.6. The zero-order valence-corrected chi connectivity index (χ0v) is 18.0. The van der Waals surface area contributed by atoms with Gasteiger partial charge >= 0.3 is 0 Å². The fraction of sp³-hybridized carbons (Fsp3) is 0.172. The molecule has 0 radical (unpaired) electrons. The minimum atomic E-state index is 0.252. The highest BCUT2D eigenvalue weighted by atomic mass is 14.2. The van der Waals surface area contributed by atoms with E-state index in [1.807, 2.05) is 0 Å². The maximum absolute atomic E-state index is 2.38. The number of rotatable bonds is 3. The summed E-state index contributed by atoms with van der Waals surface area (Å²) < 4.78 is 0. The van der Waals surface area contributed by atoms with Gasteiger partial charge in [-0.1, -0.05) is 125 Å². The molecular weight excluding hydrogens is 359 g/mol. The molecule has 0 nitrogen and oxygen atoms in total. The van der Waals surface area contributed by atoms with Gasteiger partial charge in [-0.05, 0) is 47.7 Å². The number of hydrogen-bond acceptors (Lipinski definition) is 0. The molecule has 0 amide bonds. The van der Waals surface area contributed by atoms with E-state index in [-0.39, 0.29) is 6.71 Å². The monoisotopic (exact) mass is 386 g/mol. The van der Waals surface area contributed by atoms with E-state index < -0.39 is 0 Å². The highest BCUT2D eigenvalue weighted by Gasteiger charge is 2.32. The Morgan fingerprint density at radius 3 is 1.77 bits per heavy atom. The number of allylic oxidation sites excluding steroid dienone is 4. The maximum Gasteiger partial charge on any atom is 0.239 e. The molecule has 1 atom stereocenters. The van der Waals surface area contributed by atoms with Gasteiger partial charge in [0, 0.05) is 0 Å². The Bertz CT molecular complexity index is 1220. The van der Waals surface area contributed by atoms with Crippen LogP contribution in [0.25, 0.3) is 21.5 Å². The largest absolute Gasteiger partial charge is 0.239 e. The maximum atomic E-state index is 2.38. The van der Waals surface area contributed by atoms with Crippen molar-refractivity contribution in [2.75, 3.05) is 0 Å². The standard InChI is InChI=1S/C29H27B/c1-20-10-4-9-15-27(20)30(28-21(2)16-18-23-11-5-7-13-25(23)28)29-22(3)17-19-24-12-6-8-14-26(24)29/h4-9,11-20H,10H2,1-3H3. The van der Waals surface area contributed by atoms with Crippen LogP contribution < -0.4 is 10.9 Å². The van der Waals surface area contributed by atoms with Crippen LogP contribution in [0.5, 0.6) is 0 Å². The van der Waals surface area contributed by atoms with Crippen molar-refractivity contribution in [1.29, 1.82) is 0 Å². The van der Waals surface area contributed by atoms with Gasteiger partial charge in [-0.25, -0.2) is 0 Å². The van der Waals surface area contributed by atoms with Crippen molar-refractivity contribution in [1.82, 2.24) is 0 Å². The molecule has 0 aromatic heterocycles. The number of hydrogen-bond donors (Lipinski definition) is 0. The van der Waals surface area contributed by atoms with Crippen molar-refractivity contribution in [3.8, 4) is 0 Å². The Kier molecular flexibility index (Phi) is 4.83. The zero-order chi connectivity index (χ0) is 20.7. The molecule has 1 aliphatic rings. The molecule has 5 rings (SSSR count). The summed E-state index contributed by atoms with van der Waals surface area (Å²) in [5, 5.41) is 5.39. The zero-order valence-electron chi connectivity index (χ0n) is 18.0. The highest BCUT2D eigenvalue weighted by molar-refractivity contribution is 6.94. The van der Waals surface area contributed by atoms with Crippen molar-refractivity contribution < 1.29 is 0 Å². The topological polar surface area (TPSA) is 0 Å². The van der Waals surface area contributed by atoms with E-state index in [9.17, 15) is 0 Å². The minimum absolute atomic E-state index is 0.252. The fourth-order valence-electron chi connectivity index (χ4n) is 5.20. The molecule has 0 aliphatic heterocycles. The Balaban J connectivity index is 1.91. The van der Waals surface area contributed by atoms with E-state index in [2.05, 4.69) is 112 Å². The van der Waals surface area contributed by atoms with E-state index in [4.69, 9.17) is 0 Å². The Morgan fingerprint density at radius 1 is 0.700 bits per heavy atom. The van der Waals surface area contributed by atoms with Gasteiger partial charge in [0.25, 0.3) is 0 Å². The molecule has 0 N–H and O–H groups in total. The molecule has 0 spiro atoms. The SMILES string of the molecule is Cc1ccc2ccccc2c1B(C1=CC=CCC1C)c1c(C)ccc2ccccc12. The third-order valence-corrected chi connectivity index (χ3v) is 6.77. The second-order valence-corrected chi connectivity index (χ2v) is 8.70. The van der Waals surface area contributed by atoms with Crippen LogP contribution >= 0.6 is 0 Å². The molecule has 0 saturated carbocycles. The third kappa shape index (κ3) is 3.10. The van der Waals surface area contributed by atoms with Crippen LogP contribution in [0.3, 0.4) is 0 Å². The quantitative estimate of drug-likeness (QED) is 0.364. The average molecular weight is 386 g/mol. The molecular formula is C29H27B. The minimum Gasteiger partial charge on any atom is -0.0876 e. The molecule has 4 aromatic carbocycles. The normalized spacial score (nSPS) is 16.1. The van der Waals surface area contributed by atoms with Gasteiger partial charge in [-0.15, -0.1) is 0 Å². The van der Waals surface area contributed by atoms with E-state index in [1.54, 1.807) is 0 Å². The van der Waals surface area contributed by atoms with Gasteiger partial charge in [0.1, 0.15) is 0 Å². The number of benzene rings is 4. The average Bonchev–Trinajstić information content (AvgIpc) is 2.77. The molecule has 30 heavy (non-hydrogen) atoms. The molecule has 1 heteroatoms. The summed E-state index contributed by atoms with van der Waals surface area (Å²) in [5.41, 5.74) is 7.18. The molecule has 4 aromatic rings. The summed E-state index contributed by atoms with van der Waals surface area (Å²) in [6.07, 6.45) is 8.04. The predicted octanol–water partition coefficient (Wildman–Crippen LogP) is 6.28. The summed E-state index contributed by atoms with van der Waals surface area (Å²) >= 11 is 0. The Morgan fingerprint density at radius 2 is 1.23 bits per heavy atom. The summed E-state index contributed by atoms with van der Waals surface area (Å²) in [5.74, 6) is 0.525. The lowest BCUT2D eigenvalue weighted by molar-refractivity contribution is 0.718. The van der Waals surface area contributed by atoms with Crippen LogP contribution in [0.15, 0.2) is 96.5 Å². The van der Waals surface area contributed by atoms with E-state index in [1.165, 1.54) is 49.1 Å². The van der Waals surface area contributed by atoms with Crippen molar-refractivity contribution in [2.24, 2.45) is 5.92 Å². The smallest absolute Gasteiger partial charge is 0.0876 e. The van der Waals surface area contributed by atoms with Crippen molar-refractivity contribution >= 4 is 39.2 Å². The summed E-state index contributed by atoms with van der Waals surface area (Å²) in [6.45, 7) is 7.18. The van der Waals surface area contributed by atoms with Crippen molar-refractivity contribution in [3.05, 3.63) is 108 Å². The lowest BCUT2D eigenvalue weighted by atomic mass is 9.32. The first-order valence-corrected chi connectivity index (χ1v) is 11.0. The van der Waals surface area contributed by atoms with Crippen LogP contribution in [0.1, 0.15) is 24.5 Å². The summed E-state index contributed by atoms with van der Waals surface area (Å²) in [4.78, 5) is 0. The van der Waals surface area contributed by atoms with Gasteiger partial charge in [0.2, 0.25) is 6.71 Å². The van der Waals surface area contributed by atoms with Crippen molar-refractivity contribution in [3.63, 3.8) is 0 Å². The van der Waals surface area contributed by atoms with Crippen LogP contribution in [0.4, 0.5) is 0 Å². The second kappa shape index (κ2) is 7.65. The molecule has 0 bridgehead atoms. The van der Waals surface area contributed by atoms with Crippen LogP contribution in [-0.2, 0) is 0 Å². The second-order valence-electron chi connectivity index (χ2n) is 8.70. The molecule has 1 unspecified atom stereocenters. The predicted molar refractivity (Wildman–Crippen MR) is 133 cm³/mol. The van der Waals surface area contributed by atoms with E-state index >= 15 is 0 Å². The van der Waals surface area contributed by atoms with E-state index in [0.29, 0.717) is 5.92 Å². The summed E-state index contributed by atoms with van der Waals surface area (Å²) in [7, 11) is 0. The van der Waals surface area contributed by atoms with Crippen LogP contribution in [0.2, 0.25) is 0 Å². The first-order valence-electron chi connectivity index (χ1n) is 11.0. The van der Waals surface area contributed by atoms with E-state index in [0.717, 1.165) is 6.42 Å². The molecule has 0 fully saturated rings. The van der Waals surface area contributed by atoms with Gasteiger partial charge < -0.3 is 0 Å². The lowest BCUT2D eigenvalue weighted by Crippen LogP contribution is -2.49. The molecule has 0 saturated heterocycles. The summed E-state index contributed by atoms with van der Waals surface area (Å²) in [6, 6.07) is 26.9. The number of fused-ring (bicyclic) bond motifs is 2. The molecule has 1 aliphatic carbocycles. The first kappa shape index (κ1) is 18.9. The van der Waals surface area contributed by atoms with Gasteiger partial charge in [-0.2, -0.15) is 0 Å². The molecule has 0 heterocycles. The van der Waals surface area contributed by atoms with Crippen LogP contribution in [0, 0.1) is 19.8 Å². The van der Waals surface area contributed by atoms with Gasteiger partial charge in [0.05, 0.1) is 0 Å². The van der Waals surface area contributed by atoms with Gasteiger partial charge in [0.15, 0.2) is 0 Å². The highest BCUT2D eigenvalue weighted by Crippen LogP contribution is 2.27. The molecule has 146 valence electrons. The Hall–Kier alpha value is -3.06. The lowest BCUT2D eigenvalue weighted by Gasteiger charge is -2.29. The Labute approximate surface area is 180 Å². The number of aryl methyl sites for hydroxylation is 2. The van der Waals surface area contributed by atoms with Crippen LogP contribution in [-0.4, -0.2) is 6.71 Å². The van der Waals surface area contributed by atoms with Crippen molar-refractivity contribution in [2.45, 2.75) is 27.2 Å². The van der Waals surface area contributed by atoms with Gasteiger partial charge in [-0.3, -0.25) is 0 Å².